The van der Waals surface area contributed by atoms with Crippen molar-refractivity contribution in [2.75, 3.05) is 12.3 Å². The van der Waals surface area contributed by atoms with Gasteiger partial charge in [-0.05, 0) is 41.5 Å². The standard InChI is InChI=1S/C25H20F4N4O2/c26-20-13-17(24(34)33-22(14-32-35)16-4-2-1-3-5-16)12-19(23(20)31)21(30)11-8-15-6-9-18(10-7-15)25(27,28)29/h1-13,22,30H,14,31H2,(H,33,34)/p+1/b11-8+,30-21?/t22-/m1/s1. The smallest absolute Gasteiger partial charge is 0.396 e. The minimum absolute atomic E-state index is 0.00915. The molecular weight excluding hydrogens is 464 g/mol. The summed E-state index contributed by atoms with van der Waals surface area (Å²) in [4.78, 5) is 23.7. The van der Waals surface area contributed by atoms with Crippen LogP contribution in [0.4, 0.5) is 23.2 Å². The first-order valence-electron chi connectivity index (χ1n) is 10.3. The molecule has 0 spiro atoms. The molecule has 3 rings (SSSR count). The van der Waals surface area contributed by atoms with E-state index in [9.17, 15) is 27.3 Å². The predicted molar refractivity (Wildman–Crippen MR) is 125 cm³/mol. The van der Waals surface area contributed by atoms with Gasteiger partial charge in [-0.15, -0.1) is 0 Å². The monoisotopic (exact) mass is 485 g/mol. The number of nitrogen functional groups attached to an aromatic ring is 1. The minimum atomic E-state index is -4.46. The fraction of sp³-hybridized carbons (Fsp3) is 0.120. The summed E-state index contributed by atoms with van der Waals surface area (Å²) in [5.41, 5.74) is 5.70. The predicted octanol–water partition coefficient (Wildman–Crippen LogP) is 3.93. The van der Waals surface area contributed by atoms with Crippen LogP contribution in [0.2, 0.25) is 0 Å². The number of halogens is 4. The number of nitrogens with one attached hydrogen (secondary N) is 1. The van der Waals surface area contributed by atoms with Crippen molar-refractivity contribution < 1.29 is 27.8 Å². The molecule has 0 unspecified atom stereocenters. The average molecular weight is 485 g/mol. The summed E-state index contributed by atoms with van der Waals surface area (Å²) in [6.45, 7) is -0.232. The number of hydrogen-bond acceptors (Lipinski definition) is 4. The molecule has 0 saturated heterocycles. The van der Waals surface area contributed by atoms with Gasteiger partial charge < -0.3 is 11.1 Å². The number of rotatable bonds is 8. The quantitative estimate of drug-likeness (QED) is 0.195. The molecule has 0 aromatic heterocycles. The van der Waals surface area contributed by atoms with Crippen LogP contribution in [0.5, 0.6) is 0 Å². The van der Waals surface area contributed by atoms with Crippen LogP contribution in [-0.4, -0.2) is 18.2 Å². The molecule has 6 nitrogen and oxygen atoms in total. The zero-order valence-electron chi connectivity index (χ0n) is 18.2. The molecule has 0 radical (unpaired) electrons. The van der Waals surface area contributed by atoms with E-state index in [2.05, 4.69) is 10.5 Å². The molecule has 3 aromatic rings. The van der Waals surface area contributed by atoms with E-state index in [4.69, 9.17) is 11.1 Å². The van der Waals surface area contributed by atoms with Crippen LogP contribution in [0.1, 0.15) is 38.7 Å². The molecule has 0 aliphatic heterocycles. The lowest BCUT2D eigenvalue weighted by molar-refractivity contribution is -0.137. The van der Waals surface area contributed by atoms with Crippen molar-refractivity contribution in [1.29, 1.82) is 0 Å². The fourth-order valence-electron chi connectivity index (χ4n) is 3.28. The van der Waals surface area contributed by atoms with Gasteiger partial charge in [-0.1, -0.05) is 47.6 Å². The van der Waals surface area contributed by atoms with Gasteiger partial charge in [0, 0.05) is 11.6 Å². The maximum Gasteiger partial charge on any atom is 0.416 e. The Morgan fingerprint density at radius 1 is 1.09 bits per heavy atom. The summed E-state index contributed by atoms with van der Waals surface area (Å²) in [6, 6.07) is 14.5. The Hall–Kier alpha value is -4.34. The molecule has 0 aliphatic rings. The lowest BCUT2D eigenvalue weighted by Gasteiger charge is -2.17. The van der Waals surface area contributed by atoms with Gasteiger partial charge in [-0.2, -0.15) is 18.1 Å². The summed E-state index contributed by atoms with van der Waals surface area (Å²) in [5.74, 6) is -1.56. The highest BCUT2D eigenvalue weighted by Crippen LogP contribution is 2.29. The lowest BCUT2D eigenvalue weighted by Crippen LogP contribution is -2.39. The molecule has 1 amide bonds. The maximum atomic E-state index is 14.5. The summed E-state index contributed by atoms with van der Waals surface area (Å²) in [7, 11) is 0. The maximum absolute atomic E-state index is 14.5. The Morgan fingerprint density at radius 3 is 2.34 bits per heavy atom. The van der Waals surface area contributed by atoms with E-state index in [-0.39, 0.29) is 29.1 Å². The Balaban J connectivity index is 1.82. The Bertz CT molecular complexity index is 1260. The number of hydrogen-bond donors (Lipinski definition) is 3. The van der Waals surface area contributed by atoms with Crippen LogP contribution < -0.4 is 16.5 Å². The van der Waals surface area contributed by atoms with E-state index in [1.54, 1.807) is 30.3 Å². The third kappa shape index (κ3) is 6.38. The van der Waals surface area contributed by atoms with Crippen LogP contribution in [0.15, 0.2) is 78.0 Å². The third-order valence-electron chi connectivity index (χ3n) is 5.16. The number of nitrogens with zero attached hydrogens (tertiary/aromatic N) is 1. The molecule has 180 valence electrons. The van der Waals surface area contributed by atoms with Gasteiger partial charge in [0.15, 0.2) is 0 Å². The molecule has 1 atom stereocenters. The summed E-state index contributed by atoms with van der Waals surface area (Å²) in [6.07, 6.45) is -1.68. The Labute approximate surface area is 198 Å². The van der Waals surface area contributed by atoms with Crippen molar-refractivity contribution in [2.24, 2.45) is 5.18 Å². The van der Waals surface area contributed by atoms with Gasteiger partial charge in [-0.25, -0.2) is 4.39 Å². The molecule has 0 bridgehead atoms. The highest BCUT2D eigenvalue weighted by Gasteiger charge is 2.29. The molecule has 0 aliphatic carbocycles. The van der Waals surface area contributed by atoms with Gasteiger partial charge in [0.2, 0.25) is 5.71 Å². The first kappa shape index (κ1) is 25.3. The number of nitroso groups, excluding NO2 is 1. The molecular formula is C25H21F4N4O2+. The molecule has 35 heavy (non-hydrogen) atoms. The molecule has 5 N–H and O–H groups in total. The Kier molecular flexibility index (Phi) is 7.75. The van der Waals surface area contributed by atoms with Gasteiger partial charge in [-0.3, -0.25) is 10.2 Å². The highest BCUT2D eigenvalue weighted by molar-refractivity contribution is 6.11. The van der Waals surface area contributed by atoms with Gasteiger partial charge >= 0.3 is 6.18 Å². The van der Waals surface area contributed by atoms with Crippen molar-refractivity contribution in [3.8, 4) is 0 Å². The largest absolute Gasteiger partial charge is 0.416 e. The highest BCUT2D eigenvalue weighted by atomic mass is 19.4. The van der Waals surface area contributed by atoms with Crippen LogP contribution >= 0.6 is 0 Å². The molecule has 0 fully saturated rings. The summed E-state index contributed by atoms with van der Waals surface area (Å²) >= 11 is 0. The first-order chi connectivity index (χ1) is 16.6. The fourth-order valence-corrected chi connectivity index (χ4v) is 3.28. The SMILES string of the molecule is Nc1c(F)cc(C(=O)N[C@H](CN=O)c2ccccc2)cc1C(=[NH2+])/C=C/c1ccc(C(F)(F)F)cc1. The van der Waals surface area contributed by atoms with E-state index < -0.39 is 29.5 Å². The zero-order valence-corrected chi connectivity index (χ0v) is 18.2. The van der Waals surface area contributed by atoms with E-state index in [1.165, 1.54) is 30.4 Å². The lowest BCUT2D eigenvalue weighted by atomic mass is 10.0. The van der Waals surface area contributed by atoms with Crippen LogP contribution in [0.3, 0.4) is 0 Å². The van der Waals surface area contributed by atoms with E-state index >= 15 is 0 Å². The molecule has 0 heterocycles. The number of anilines is 1. The topological polar surface area (TPSA) is 110 Å². The third-order valence-corrected chi connectivity index (χ3v) is 5.16. The zero-order chi connectivity index (χ0) is 25.6. The average Bonchev–Trinajstić information content (AvgIpc) is 2.84. The second-order valence-electron chi connectivity index (χ2n) is 7.58. The van der Waals surface area contributed by atoms with Crippen molar-refractivity contribution >= 4 is 23.4 Å². The minimum Gasteiger partial charge on any atom is -0.396 e. The van der Waals surface area contributed by atoms with Crippen LogP contribution in [-0.2, 0) is 6.18 Å². The van der Waals surface area contributed by atoms with Gasteiger partial charge in [0.1, 0.15) is 12.4 Å². The van der Waals surface area contributed by atoms with Crippen LogP contribution in [0, 0.1) is 10.7 Å². The second-order valence-corrected chi connectivity index (χ2v) is 7.58. The number of allylic oxidation sites excluding steroid dienone is 1. The van der Waals surface area contributed by atoms with Crippen molar-refractivity contribution in [1.82, 2.24) is 5.32 Å². The second kappa shape index (κ2) is 10.7. The van der Waals surface area contributed by atoms with Gasteiger partial charge in [0.05, 0.1) is 22.9 Å². The number of alkyl halides is 3. The van der Waals surface area contributed by atoms with Crippen molar-refractivity contribution in [3.05, 3.63) is 111 Å². The molecule has 3 aromatic carbocycles. The summed E-state index contributed by atoms with van der Waals surface area (Å²) in [5, 5.41) is 11.5. The first-order valence-corrected chi connectivity index (χ1v) is 10.3. The molecule has 10 heteroatoms. The van der Waals surface area contributed by atoms with E-state index in [0.717, 1.165) is 18.2 Å². The van der Waals surface area contributed by atoms with Gasteiger partial charge in [0.25, 0.3) is 5.91 Å². The van der Waals surface area contributed by atoms with E-state index in [1.807, 2.05) is 0 Å². The van der Waals surface area contributed by atoms with Crippen LogP contribution in [0.25, 0.3) is 6.08 Å². The number of carbonyl (C=O) groups is 1. The summed E-state index contributed by atoms with van der Waals surface area (Å²) < 4.78 is 52.7. The molecule has 0 saturated carbocycles. The number of benzene rings is 3. The van der Waals surface area contributed by atoms with Crippen molar-refractivity contribution in [3.63, 3.8) is 0 Å². The Morgan fingerprint density at radius 2 is 1.74 bits per heavy atom. The number of carbonyl (C=O) groups excluding carboxylic acids is 1. The van der Waals surface area contributed by atoms with Crippen molar-refractivity contribution in [2.45, 2.75) is 12.2 Å². The normalized spacial score (nSPS) is 12.3. The van der Waals surface area contributed by atoms with E-state index in [0.29, 0.717) is 11.1 Å². The number of nitrogens with two attached hydrogens (primary N) is 2. The number of amides is 1.